The van der Waals surface area contributed by atoms with Gasteiger partial charge in [0.1, 0.15) is 0 Å². The normalized spacial score (nSPS) is 11.3. The van der Waals surface area contributed by atoms with Gasteiger partial charge in [-0.05, 0) is 53.8 Å². The van der Waals surface area contributed by atoms with Crippen LogP contribution < -0.4 is 0 Å². The quantitative estimate of drug-likeness (QED) is 0.267. The first-order chi connectivity index (χ1) is 14.7. The monoisotopic (exact) mass is 382 g/mol. The van der Waals surface area contributed by atoms with Crippen LogP contribution in [0, 0.1) is 25.7 Å². The standard InChI is InChI=1S/C30H22/c1-21-11-15-23(16-12-21)17-20-25(24-18-13-22(2)14-19-24)30-28-9-5-3-7-26(28)27-8-4-6-10-29(27)30/h3-16,18-19H,1-2H3. The molecule has 0 heterocycles. The molecule has 142 valence electrons. The number of allylic oxidation sites excluding steroid dienone is 1. The summed E-state index contributed by atoms with van der Waals surface area (Å²) in [5, 5.41) is 0. The molecule has 0 saturated heterocycles. The second-order valence-corrected chi connectivity index (χ2v) is 7.82. The Morgan fingerprint density at radius 3 is 1.53 bits per heavy atom. The van der Waals surface area contributed by atoms with Crippen LogP contribution >= 0.6 is 0 Å². The van der Waals surface area contributed by atoms with Crippen LogP contribution in [0.1, 0.15) is 33.4 Å². The average Bonchev–Trinajstić information content (AvgIpc) is 3.11. The van der Waals surface area contributed by atoms with E-state index in [0.717, 1.165) is 16.7 Å². The van der Waals surface area contributed by atoms with Crippen molar-refractivity contribution < 1.29 is 0 Å². The van der Waals surface area contributed by atoms with Crippen molar-refractivity contribution in [3.05, 3.63) is 130 Å². The molecule has 0 bridgehead atoms. The number of benzene rings is 4. The largest absolute Gasteiger partial charge is 0.0616 e. The highest BCUT2D eigenvalue weighted by Gasteiger charge is 2.25. The van der Waals surface area contributed by atoms with Gasteiger partial charge in [-0.25, -0.2) is 0 Å². The maximum absolute atomic E-state index is 3.54. The first-order valence-corrected chi connectivity index (χ1v) is 10.3. The van der Waals surface area contributed by atoms with E-state index in [1.807, 2.05) is 0 Å². The molecule has 0 fully saturated rings. The van der Waals surface area contributed by atoms with Crippen molar-refractivity contribution in [2.75, 3.05) is 0 Å². The van der Waals surface area contributed by atoms with Crippen molar-refractivity contribution >= 4 is 11.1 Å². The molecule has 0 N–H and O–H groups in total. The van der Waals surface area contributed by atoms with E-state index in [4.69, 9.17) is 0 Å². The predicted molar refractivity (Wildman–Crippen MR) is 127 cm³/mol. The number of aryl methyl sites for hydroxylation is 2. The molecule has 0 aromatic heterocycles. The van der Waals surface area contributed by atoms with E-state index < -0.39 is 0 Å². The van der Waals surface area contributed by atoms with Gasteiger partial charge in [-0.3, -0.25) is 0 Å². The molecule has 30 heavy (non-hydrogen) atoms. The van der Waals surface area contributed by atoms with Crippen LogP contribution in [-0.4, -0.2) is 0 Å². The molecule has 1 aliphatic carbocycles. The Hall–Kier alpha value is -3.82. The van der Waals surface area contributed by atoms with Crippen LogP contribution in [0.2, 0.25) is 0 Å². The Kier molecular flexibility index (Phi) is 4.58. The van der Waals surface area contributed by atoms with Gasteiger partial charge in [0.05, 0.1) is 0 Å². The zero-order valence-corrected chi connectivity index (χ0v) is 17.2. The van der Waals surface area contributed by atoms with Crippen molar-refractivity contribution in [2.24, 2.45) is 0 Å². The van der Waals surface area contributed by atoms with Crippen LogP contribution in [0.3, 0.4) is 0 Å². The predicted octanol–water partition coefficient (Wildman–Crippen LogP) is 7.29. The van der Waals surface area contributed by atoms with Crippen molar-refractivity contribution in [1.29, 1.82) is 0 Å². The summed E-state index contributed by atoms with van der Waals surface area (Å²) >= 11 is 0. The van der Waals surface area contributed by atoms with Crippen molar-refractivity contribution in [1.82, 2.24) is 0 Å². The zero-order chi connectivity index (χ0) is 20.5. The fraction of sp³-hybridized carbons (Fsp3) is 0.0667. The molecule has 0 saturated carbocycles. The molecule has 4 aromatic carbocycles. The zero-order valence-electron chi connectivity index (χ0n) is 17.2. The fourth-order valence-corrected chi connectivity index (χ4v) is 4.06. The molecule has 5 rings (SSSR count). The van der Waals surface area contributed by atoms with Crippen molar-refractivity contribution in [3.63, 3.8) is 0 Å². The summed E-state index contributed by atoms with van der Waals surface area (Å²) < 4.78 is 0. The Balaban J connectivity index is 1.79. The lowest BCUT2D eigenvalue weighted by Crippen LogP contribution is -1.91. The minimum absolute atomic E-state index is 1.03. The van der Waals surface area contributed by atoms with E-state index in [9.17, 15) is 0 Å². The molecular formula is C30H22. The molecule has 0 aliphatic heterocycles. The maximum atomic E-state index is 3.54. The molecule has 1 aliphatic rings. The van der Waals surface area contributed by atoms with Crippen LogP contribution in [-0.2, 0) is 0 Å². The molecule has 0 unspecified atom stereocenters. The maximum Gasteiger partial charge on any atom is 0.0406 e. The lowest BCUT2D eigenvalue weighted by Gasteiger charge is -2.10. The number of hydrogen-bond acceptors (Lipinski definition) is 0. The molecule has 0 spiro atoms. The van der Waals surface area contributed by atoms with Gasteiger partial charge in [-0.15, -0.1) is 0 Å². The summed E-state index contributed by atoms with van der Waals surface area (Å²) in [6.45, 7) is 4.22. The van der Waals surface area contributed by atoms with Gasteiger partial charge in [0.2, 0.25) is 0 Å². The second-order valence-electron chi connectivity index (χ2n) is 7.82. The smallest absolute Gasteiger partial charge is 0.0406 e. The van der Waals surface area contributed by atoms with Gasteiger partial charge in [-0.2, -0.15) is 0 Å². The molecule has 4 aromatic rings. The summed E-state index contributed by atoms with van der Waals surface area (Å²) in [6.07, 6.45) is 0. The summed E-state index contributed by atoms with van der Waals surface area (Å²) in [4.78, 5) is 0. The van der Waals surface area contributed by atoms with E-state index in [-0.39, 0.29) is 0 Å². The van der Waals surface area contributed by atoms with Crippen LogP contribution in [0.4, 0.5) is 0 Å². The summed E-state index contributed by atoms with van der Waals surface area (Å²) in [7, 11) is 0. The SMILES string of the molecule is Cc1ccc(C#CC(=C2c3ccccc3-c3ccccc32)c2ccc(C)cc2)cc1. The van der Waals surface area contributed by atoms with Gasteiger partial charge in [0, 0.05) is 16.7 Å². The van der Waals surface area contributed by atoms with Gasteiger partial charge in [0.25, 0.3) is 0 Å². The first kappa shape index (κ1) is 18.2. The third kappa shape index (κ3) is 3.25. The molecular weight excluding hydrogens is 360 g/mol. The highest BCUT2D eigenvalue weighted by atomic mass is 14.3. The van der Waals surface area contributed by atoms with Crippen molar-refractivity contribution in [3.8, 4) is 23.0 Å². The van der Waals surface area contributed by atoms with Crippen LogP contribution in [0.25, 0.3) is 22.3 Å². The second kappa shape index (κ2) is 7.54. The molecule has 0 nitrogen and oxygen atoms in total. The average molecular weight is 383 g/mol. The van der Waals surface area contributed by atoms with Crippen molar-refractivity contribution in [2.45, 2.75) is 13.8 Å². The minimum atomic E-state index is 1.03. The number of fused-ring (bicyclic) bond motifs is 3. The summed E-state index contributed by atoms with van der Waals surface area (Å²) in [5.74, 6) is 6.96. The third-order valence-electron chi connectivity index (χ3n) is 5.66. The Morgan fingerprint density at radius 1 is 0.533 bits per heavy atom. The van der Waals surface area contributed by atoms with Gasteiger partial charge in [0.15, 0.2) is 0 Å². The molecule has 0 atom stereocenters. The Morgan fingerprint density at radius 2 is 1.00 bits per heavy atom. The number of hydrogen-bond donors (Lipinski definition) is 0. The van der Waals surface area contributed by atoms with Crippen LogP contribution in [0.15, 0.2) is 97.1 Å². The highest BCUT2D eigenvalue weighted by Crippen LogP contribution is 2.47. The molecule has 0 heteroatoms. The van der Waals surface area contributed by atoms with E-state index in [0.29, 0.717) is 0 Å². The van der Waals surface area contributed by atoms with Gasteiger partial charge in [-0.1, -0.05) is 108 Å². The summed E-state index contributed by atoms with van der Waals surface area (Å²) in [5.41, 5.74) is 12.1. The van der Waals surface area contributed by atoms with Gasteiger partial charge >= 0.3 is 0 Å². The van der Waals surface area contributed by atoms with E-state index in [2.05, 4.69) is 123 Å². The Bertz CT molecular complexity index is 1270. The molecule has 0 radical (unpaired) electrons. The highest BCUT2D eigenvalue weighted by molar-refractivity contribution is 6.13. The lowest BCUT2D eigenvalue weighted by atomic mass is 9.92. The number of rotatable bonds is 1. The van der Waals surface area contributed by atoms with E-state index in [1.165, 1.54) is 39.0 Å². The molecule has 0 amide bonds. The lowest BCUT2D eigenvalue weighted by molar-refractivity contribution is 1.45. The Labute approximate surface area is 178 Å². The third-order valence-corrected chi connectivity index (χ3v) is 5.66. The van der Waals surface area contributed by atoms with Crippen LogP contribution in [0.5, 0.6) is 0 Å². The van der Waals surface area contributed by atoms with E-state index >= 15 is 0 Å². The first-order valence-electron chi connectivity index (χ1n) is 10.3. The minimum Gasteiger partial charge on any atom is -0.0616 e. The van der Waals surface area contributed by atoms with Gasteiger partial charge < -0.3 is 0 Å². The van der Waals surface area contributed by atoms with E-state index in [1.54, 1.807) is 0 Å². The summed E-state index contributed by atoms with van der Waals surface area (Å²) in [6, 6.07) is 34.4. The topological polar surface area (TPSA) is 0 Å². The fourth-order valence-electron chi connectivity index (χ4n) is 4.06.